The molecular weight excluding hydrogens is 458 g/mol. The number of likely N-dealkylation sites (N-methyl/N-ethyl adjacent to an activating group) is 1. The molecule has 3 rings (SSSR count). The van der Waals surface area contributed by atoms with Gasteiger partial charge in [0.15, 0.2) is 0 Å². The molecule has 36 heavy (non-hydrogen) atoms. The van der Waals surface area contributed by atoms with E-state index in [-0.39, 0.29) is 36.5 Å². The molecule has 1 N–H and O–H groups in total. The van der Waals surface area contributed by atoms with Crippen LogP contribution in [0.25, 0.3) is 0 Å². The van der Waals surface area contributed by atoms with Crippen LogP contribution in [-0.4, -0.2) is 87.9 Å². The number of nitrogens with one attached hydrogen (secondary N) is 1. The average molecular weight is 498 g/mol. The molecule has 2 aromatic rings. The smallest absolute Gasteiger partial charge is 0.257 e. The van der Waals surface area contributed by atoms with Gasteiger partial charge in [0.25, 0.3) is 5.91 Å². The lowest BCUT2D eigenvalue weighted by atomic mass is 10.0. The first-order valence-electron chi connectivity index (χ1n) is 12.4. The van der Waals surface area contributed by atoms with Crippen LogP contribution in [0.3, 0.4) is 0 Å². The van der Waals surface area contributed by atoms with Crippen LogP contribution in [0.5, 0.6) is 5.75 Å². The number of hydrogen-bond donors (Lipinski definition) is 1. The topological polar surface area (TPSA) is 80.3 Å². The van der Waals surface area contributed by atoms with Crippen molar-refractivity contribution in [1.29, 1.82) is 0 Å². The van der Waals surface area contributed by atoms with Crippen molar-refractivity contribution in [3.8, 4) is 5.75 Å². The van der Waals surface area contributed by atoms with E-state index in [0.717, 1.165) is 19.5 Å². The van der Waals surface area contributed by atoms with E-state index in [9.17, 15) is 9.59 Å². The number of fused-ring (bicyclic) bond motifs is 1. The van der Waals surface area contributed by atoms with Gasteiger partial charge >= 0.3 is 0 Å². The minimum Gasteiger partial charge on any atom is -0.491 e. The predicted molar refractivity (Wildman–Crippen MR) is 141 cm³/mol. The molecule has 0 saturated carbocycles. The van der Waals surface area contributed by atoms with Crippen LogP contribution in [0.1, 0.15) is 29.8 Å². The quantitative estimate of drug-likeness (QED) is 0.632. The molecule has 0 spiro atoms. The van der Waals surface area contributed by atoms with Crippen LogP contribution in [-0.2, 0) is 20.7 Å². The molecule has 0 bridgehead atoms. The highest BCUT2D eigenvalue weighted by molar-refractivity contribution is 5.98. The summed E-state index contributed by atoms with van der Waals surface area (Å²) >= 11 is 0. The molecule has 1 aliphatic rings. The molecule has 0 radical (unpaired) electrons. The van der Waals surface area contributed by atoms with E-state index in [0.29, 0.717) is 30.2 Å². The normalized spacial score (nSPS) is 21.6. The fourth-order valence-electron chi connectivity index (χ4n) is 4.48. The summed E-state index contributed by atoms with van der Waals surface area (Å²) in [7, 11) is 4.95. The number of carbonyl (C=O) groups excluding carboxylic acids is 2. The molecule has 0 aromatic heterocycles. The Kier molecular flexibility index (Phi) is 10.3. The van der Waals surface area contributed by atoms with Gasteiger partial charge in [-0.15, -0.1) is 0 Å². The Balaban J connectivity index is 1.87. The molecule has 196 valence electrons. The largest absolute Gasteiger partial charge is 0.491 e. The average Bonchev–Trinajstić information content (AvgIpc) is 2.87. The van der Waals surface area contributed by atoms with Gasteiger partial charge in [-0.2, -0.15) is 0 Å². The first-order valence-corrected chi connectivity index (χ1v) is 12.4. The summed E-state index contributed by atoms with van der Waals surface area (Å²) in [6.07, 6.45) is 0.821. The van der Waals surface area contributed by atoms with E-state index in [1.165, 1.54) is 12.7 Å². The molecule has 3 atom stereocenters. The van der Waals surface area contributed by atoms with Crippen LogP contribution in [0.4, 0.5) is 5.69 Å². The lowest BCUT2D eigenvalue weighted by Crippen LogP contribution is -2.47. The fourth-order valence-corrected chi connectivity index (χ4v) is 4.48. The van der Waals surface area contributed by atoms with Gasteiger partial charge in [0.1, 0.15) is 19.0 Å². The SMILES string of the molecule is COCC(=O)Nc1ccc2c(c1)OC[C@H](C)N(CCc1ccccc1)C[C@H](C)[C@H](OC)CN(C)C2=O. The second kappa shape index (κ2) is 13.4. The summed E-state index contributed by atoms with van der Waals surface area (Å²) in [5.74, 6) is 0.231. The number of methoxy groups -OCH3 is 2. The molecule has 2 amide bonds. The number of hydrogen-bond acceptors (Lipinski definition) is 6. The zero-order chi connectivity index (χ0) is 26.1. The Morgan fingerprint density at radius 1 is 1.11 bits per heavy atom. The summed E-state index contributed by atoms with van der Waals surface area (Å²) in [5, 5.41) is 2.79. The van der Waals surface area contributed by atoms with Gasteiger partial charge in [0, 0.05) is 58.7 Å². The van der Waals surface area contributed by atoms with Crippen molar-refractivity contribution in [2.45, 2.75) is 32.4 Å². The third kappa shape index (κ3) is 7.53. The molecular formula is C28H39N3O5. The van der Waals surface area contributed by atoms with E-state index in [2.05, 4.69) is 48.3 Å². The van der Waals surface area contributed by atoms with Crippen LogP contribution in [0.15, 0.2) is 48.5 Å². The van der Waals surface area contributed by atoms with E-state index in [1.807, 2.05) is 6.07 Å². The van der Waals surface area contributed by atoms with E-state index < -0.39 is 0 Å². The maximum atomic E-state index is 13.3. The fraction of sp³-hybridized carbons (Fsp3) is 0.500. The lowest BCUT2D eigenvalue weighted by Gasteiger charge is -2.36. The summed E-state index contributed by atoms with van der Waals surface area (Å²) in [6, 6.07) is 15.7. The highest BCUT2D eigenvalue weighted by atomic mass is 16.5. The lowest BCUT2D eigenvalue weighted by molar-refractivity contribution is -0.119. The monoisotopic (exact) mass is 497 g/mol. The number of rotatable bonds is 7. The highest BCUT2D eigenvalue weighted by Crippen LogP contribution is 2.27. The zero-order valence-corrected chi connectivity index (χ0v) is 22.0. The van der Waals surface area contributed by atoms with Crippen molar-refractivity contribution in [3.63, 3.8) is 0 Å². The molecule has 1 aliphatic heterocycles. The van der Waals surface area contributed by atoms with Gasteiger partial charge in [0.2, 0.25) is 5.91 Å². The number of benzene rings is 2. The number of amides is 2. The number of nitrogens with zero attached hydrogens (tertiary/aromatic N) is 2. The maximum absolute atomic E-state index is 13.3. The van der Waals surface area contributed by atoms with Gasteiger partial charge in [-0.25, -0.2) is 0 Å². The van der Waals surface area contributed by atoms with Crippen LogP contribution in [0, 0.1) is 5.92 Å². The standard InChI is InChI=1S/C28H39N3O5/c1-20-16-31(14-13-22-9-7-6-8-10-22)21(2)18-36-25-15-23(29-27(32)19-34-4)11-12-24(25)28(33)30(3)17-26(20)35-5/h6-12,15,20-21,26H,13-14,16-19H2,1-5H3,(H,29,32)/t20-,21-,26+/m0/s1. The number of carbonyl (C=O) groups is 2. The molecule has 8 nitrogen and oxygen atoms in total. The summed E-state index contributed by atoms with van der Waals surface area (Å²) < 4.78 is 17.0. The van der Waals surface area contributed by atoms with Crippen molar-refractivity contribution in [1.82, 2.24) is 9.80 Å². The zero-order valence-electron chi connectivity index (χ0n) is 22.0. The van der Waals surface area contributed by atoms with E-state index >= 15 is 0 Å². The molecule has 2 aromatic carbocycles. The second-order valence-electron chi connectivity index (χ2n) is 9.52. The van der Waals surface area contributed by atoms with Crippen LogP contribution in [0.2, 0.25) is 0 Å². The van der Waals surface area contributed by atoms with Crippen molar-refractivity contribution in [3.05, 3.63) is 59.7 Å². The summed E-state index contributed by atoms with van der Waals surface area (Å²) in [5.41, 5.74) is 2.29. The van der Waals surface area contributed by atoms with Gasteiger partial charge in [-0.1, -0.05) is 37.3 Å². The van der Waals surface area contributed by atoms with Crippen LogP contribution >= 0.6 is 0 Å². The number of ether oxygens (including phenoxy) is 3. The van der Waals surface area contributed by atoms with Gasteiger partial charge in [0.05, 0.1) is 11.7 Å². The molecule has 0 saturated heterocycles. The summed E-state index contributed by atoms with van der Waals surface area (Å²) in [6.45, 7) is 6.82. The molecule has 0 fully saturated rings. The summed E-state index contributed by atoms with van der Waals surface area (Å²) in [4.78, 5) is 29.5. The van der Waals surface area contributed by atoms with Gasteiger partial charge in [-0.3, -0.25) is 14.5 Å². The van der Waals surface area contributed by atoms with Gasteiger partial charge < -0.3 is 24.4 Å². The Labute approximate surface area is 214 Å². The molecule has 0 unspecified atom stereocenters. The first kappa shape index (κ1) is 27.6. The highest BCUT2D eigenvalue weighted by Gasteiger charge is 2.28. The van der Waals surface area contributed by atoms with Crippen molar-refractivity contribution in [2.24, 2.45) is 5.92 Å². The third-order valence-electron chi connectivity index (χ3n) is 6.67. The molecule has 0 aliphatic carbocycles. The molecule has 8 heteroatoms. The predicted octanol–water partition coefficient (Wildman–Crippen LogP) is 3.32. The Morgan fingerprint density at radius 2 is 1.86 bits per heavy atom. The van der Waals surface area contributed by atoms with Crippen molar-refractivity contribution < 1.29 is 23.8 Å². The van der Waals surface area contributed by atoms with Crippen molar-refractivity contribution in [2.75, 3.05) is 59.4 Å². The first-order chi connectivity index (χ1) is 17.3. The second-order valence-corrected chi connectivity index (χ2v) is 9.52. The minimum absolute atomic E-state index is 0.0520. The van der Waals surface area contributed by atoms with Crippen molar-refractivity contribution >= 4 is 17.5 Å². The van der Waals surface area contributed by atoms with Crippen LogP contribution < -0.4 is 10.1 Å². The van der Waals surface area contributed by atoms with E-state index in [1.54, 1.807) is 37.3 Å². The third-order valence-corrected chi connectivity index (χ3v) is 6.67. The van der Waals surface area contributed by atoms with Gasteiger partial charge in [-0.05, 0) is 37.0 Å². The Bertz CT molecular complexity index is 1000. The maximum Gasteiger partial charge on any atom is 0.257 e. The minimum atomic E-state index is -0.272. The number of anilines is 1. The molecule has 1 heterocycles. The Hall–Kier alpha value is -2.94. The Morgan fingerprint density at radius 3 is 2.56 bits per heavy atom. The van der Waals surface area contributed by atoms with E-state index in [4.69, 9.17) is 14.2 Å².